The van der Waals surface area contributed by atoms with E-state index in [9.17, 15) is 19.7 Å². The van der Waals surface area contributed by atoms with Gasteiger partial charge in [0.1, 0.15) is 0 Å². The van der Waals surface area contributed by atoms with Crippen LogP contribution < -0.4 is 10.6 Å². The molecule has 2 amide bonds. The third-order valence-corrected chi connectivity index (χ3v) is 3.75. The Morgan fingerprint density at radius 1 is 1.08 bits per heavy atom. The third-order valence-electron chi connectivity index (χ3n) is 3.75. The maximum absolute atomic E-state index is 12.3. The Bertz CT molecular complexity index is 787. The van der Waals surface area contributed by atoms with E-state index < -0.39 is 10.8 Å². The standard InChI is InChI=1S/C18H19N3O4/c1-3-12(2)19-18(23)15-6-4-5-7-16(15)20-17(22)13-8-10-14(11-9-13)21(24)25/h4-12H,3H2,1-2H3,(H,19,23)(H,20,22)/t12-/m0/s1. The summed E-state index contributed by atoms with van der Waals surface area (Å²) in [4.78, 5) is 34.8. The summed E-state index contributed by atoms with van der Waals surface area (Å²) in [6.45, 7) is 3.86. The second-order valence-electron chi connectivity index (χ2n) is 5.59. The first kappa shape index (κ1) is 18.1. The van der Waals surface area contributed by atoms with E-state index in [4.69, 9.17) is 0 Å². The number of hydrogen-bond donors (Lipinski definition) is 2. The van der Waals surface area contributed by atoms with Crippen molar-refractivity contribution in [3.63, 3.8) is 0 Å². The lowest BCUT2D eigenvalue weighted by Crippen LogP contribution is -2.32. The number of amides is 2. The highest BCUT2D eigenvalue weighted by Gasteiger charge is 2.16. The maximum Gasteiger partial charge on any atom is 0.269 e. The van der Waals surface area contributed by atoms with Crippen molar-refractivity contribution in [2.24, 2.45) is 0 Å². The molecule has 0 aromatic heterocycles. The molecule has 0 bridgehead atoms. The molecule has 2 aromatic carbocycles. The minimum absolute atomic E-state index is 0.0194. The van der Waals surface area contributed by atoms with Gasteiger partial charge >= 0.3 is 0 Å². The van der Waals surface area contributed by atoms with Crippen LogP contribution in [-0.4, -0.2) is 22.8 Å². The van der Waals surface area contributed by atoms with Crippen molar-refractivity contribution < 1.29 is 14.5 Å². The quantitative estimate of drug-likeness (QED) is 0.621. The number of hydrogen-bond acceptors (Lipinski definition) is 4. The average Bonchev–Trinajstić information content (AvgIpc) is 2.61. The molecule has 0 spiro atoms. The molecule has 0 aliphatic heterocycles. The van der Waals surface area contributed by atoms with Crippen molar-refractivity contribution in [1.82, 2.24) is 5.32 Å². The monoisotopic (exact) mass is 341 g/mol. The highest BCUT2D eigenvalue weighted by atomic mass is 16.6. The highest BCUT2D eigenvalue weighted by molar-refractivity contribution is 6.09. The molecule has 0 heterocycles. The van der Waals surface area contributed by atoms with E-state index in [0.29, 0.717) is 11.3 Å². The second-order valence-corrected chi connectivity index (χ2v) is 5.59. The maximum atomic E-state index is 12.3. The van der Waals surface area contributed by atoms with Gasteiger partial charge < -0.3 is 10.6 Å². The van der Waals surface area contributed by atoms with E-state index in [1.54, 1.807) is 24.3 Å². The van der Waals surface area contributed by atoms with Crippen molar-refractivity contribution in [2.45, 2.75) is 26.3 Å². The Morgan fingerprint density at radius 2 is 1.72 bits per heavy atom. The molecular weight excluding hydrogens is 322 g/mol. The second kappa shape index (κ2) is 8.05. The zero-order valence-corrected chi connectivity index (χ0v) is 14.0. The first-order valence-corrected chi connectivity index (χ1v) is 7.88. The van der Waals surface area contributed by atoms with Crippen LogP contribution >= 0.6 is 0 Å². The molecular formula is C18H19N3O4. The summed E-state index contributed by atoms with van der Waals surface area (Å²) in [5.74, 6) is -0.715. The lowest BCUT2D eigenvalue weighted by molar-refractivity contribution is -0.384. The smallest absolute Gasteiger partial charge is 0.269 e. The Morgan fingerprint density at radius 3 is 2.32 bits per heavy atom. The molecule has 1 atom stereocenters. The van der Waals surface area contributed by atoms with E-state index >= 15 is 0 Å². The van der Waals surface area contributed by atoms with Crippen molar-refractivity contribution in [1.29, 1.82) is 0 Å². The molecule has 2 N–H and O–H groups in total. The highest BCUT2D eigenvalue weighted by Crippen LogP contribution is 2.18. The fraction of sp³-hybridized carbons (Fsp3) is 0.222. The van der Waals surface area contributed by atoms with Crippen LogP contribution in [0.1, 0.15) is 41.0 Å². The van der Waals surface area contributed by atoms with E-state index in [2.05, 4.69) is 10.6 Å². The van der Waals surface area contributed by atoms with Gasteiger partial charge in [-0.25, -0.2) is 0 Å². The molecule has 0 aliphatic rings. The van der Waals surface area contributed by atoms with Gasteiger partial charge in [-0.2, -0.15) is 0 Å². The molecule has 25 heavy (non-hydrogen) atoms. The molecule has 7 nitrogen and oxygen atoms in total. The summed E-state index contributed by atoms with van der Waals surface area (Å²) in [7, 11) is 0. The van der Waals surface area contributed by atoms with Gasteiger partial charge in [0.25, 0.3) is 17.5 Å². The Hall–Kier alpha value is -3.22. The molecule has 0 radical (unpaired) electrons. The number of anilines is 1. The summed E-state index contributed by atoms with van der Waals surface area (Å²) < 4.78 is 0. The summed E-state index contributed by atoms with van der Waals surface area (Å²) in [5.41, 5.74) is 0.914. The van der Waals surface area contributed by atoms with Gasteiger partial charge in [0, 0.05) is 23.7 Å². The molecule has 0 fully saturated rings. The molecule has 2 aromatic rings. The number of carbonyl (C=O) groups is 2. The number of benzene rings is 2. The molecule has 0 aliphatic carbocycles. The predicted octanol–water partition coefficient (Wildman–Crippen LogP) is 3.38. The van der Waals surface area contributed by atoms with Crippen LogP contribution in [0.2, 0.25) is 0 Å². The van der Waals surface area contributed by atoms with Crippen LogP contribution in [0.3, 0.4) is 0 Å². The van der Waals surface area contributed by atoms with Crippen LogP contribution in [-0.2, 0) is 0 Å². The van der Waals surface area contributed by atoms with Crippen molar-refractivity contribution in [2.75, 3.05) is 5.32 Å². The number of nitrogens with one attached hydrogen (secondary N) is 2. The molecule has 0 saturated carbocycles. The van der Waals surface area contributed by atoms with Gasteiger partial charge in [0.05, 0.1) is 16.2 Å². The topological polar surface area (TPSA) is 101 Å². The average molecular weight is 341 g/mol. The van der Waals surface area contributed by atoms with E-state index in [-0.39, 0.29) is 23.2 Å². The van der Waals surface area contributed by atoms with Crippen molar-refractivity contribution >= 4 is 23.2 Å². The Balaban J connectivity index is 2.18. The number of nitro groups is 1. The number of rotatable bonds is 6. The lowest BCUT2D eigenvalue weighted by atomic mass is 10.1. The van der Waals surface area contributed by atoms with Gasteiger partial charge in [-0.15, -0.1) is 0 Å². The Kier molecular flexibility index (Phi) is 5.84. The van der Waals surface area contributed by atoms with Crippen molar-refractivity contribution in [3.05, 3.63) is 69.8 Å². The first-order valence-electron chi connectivity index (χ1n) is 7.88. The van der Waals surface area contributed by atoms with E-state index in [1.807, 2.05) is 13.8 Å². The summed E-state index contributed by atoms with van der Waals surface area (Å²) in [5, 5.41) is 16.2. The molecule has 0 unspecified atom stereocenters. The number of nitrogens with zero attached hydrogens (tertiary/aromatic N) is 1. The number of para-hydroxylation sites is 1. The van der Waals surface area contributed by atoms with Gasteiger partial charge in [-0.1, -0.05) is 19.1 Å². The summed E-state index contributed by atoms with van der Waals surface area (Å²) in [6.07, 6.45) is 0.795. The minimum atomic E-state index is -0.532. The van der Waals surface area contributed by atoms with Crippen LogP contribution in [0.15, 0.2) is 48.5 Å². The van der Waals surface area contributed by atoms with Crippen LogP contribution in [0.5, 0.6) is 0 Å². The SMILES string of the molecule is CC[C@H](C)NC(=O)c1ccccc1NC(=O)c1ccc([N+](=O)[O-])cc1. The van der Waals surface area contributed by atoms with Crippen LogP contribution in [0.25, 0.3) is 0 Å². The zero-order valence-electron chi connectivity index (χ0n) is 14.0. The normalized spacial score (nSPS) is 11.4. The van der Waals surface area contributed by atoms with E-state index in [0.717, 1.165) is 6.42 Å². The fourth-order valence-electron chi connectivity index (χ4n) is 2.12. The number of carbonyl (C=O) groups excluding carboxylic acids is 2. The first-order chi connectivity index (χ1) is 11.9. The Labute approximate surface area is 145 Å². The largest absolute Gasteiger partial charge is 0.350 e. The van der Waals surface area contributed by atoms with Crippen molar-refractivity contribution in [3.8, 4) is 0 Å². The molecule has 0 saturated heterocycles. The fourth-order valence-corrected chi connectivity index (χ4v) is 2.12. The zero-order chi connectivity index (χ0) is 18.4. The van der Waals surface area contributed by atoms with Crippen LogP contribution in [0, 0.1) is 10.1 Å². The van der Waals surface area contributed by atoms with Crippen LogP contribution in [0.4, 0.5) is 11.4 Å². The molecule has 7 heteroatoms. The number of non-ortho nitro benzene ring substituents is 1. The molecule has 2 rings (SSSR count). The van der Waals surface area contributed by atoms with Gasteiger partial charge in [0.2, 0.25) is 0 Å². The van der Waals surface area contributed by atoms with Gasteiger partial charge in [-0.05, 0) is 37.6 Å². The predicted molar refractivity (Wildman–Crippen MR) is 94.7 cm³/mol. The minimum Gasteiger partial charge on any atom is -0.350 e. The van der Waals surface area contributed by atoms with Gasteiger partial charge in [-0.3, -0.25) is 19.7 Å². The summed E-state index contributed by atoms with van der Waals surface area (Å²) in [6, 6.07) is 12.0. The van der Waals surface area contributed by atoms with E-state index in [1.165, 1.54) is 24.3 Å². The lowest BCUT2D eigenvalue weighted by Gasteiger charge is -2.14. The van der Waals surface area contributed by atoms with Gasteiger partial charge in [0.15, 0.2) is 0 Å². The summed E-state index contributed by atoms with van der Waals surface area (Å²) >= 11 is 0. The third kappa shape index (κ3) is 4.63. The molecule has 130 valence electrons. The number of nitro benzene ring substituents is 1.